The number of morpholine rings is 1. The van der Waals surface area contributed by atoms with E-state index in [-0.39, 0.29) is 18.2 Å². The van der Waals surface area contributed by atoms with Crippen LogP contribution in [0.2, 0.25) is 0 Å². The summed E-state index contributed by atoms with van der Waals surface area (Å²) in [5.41, 5.74) is 2.20. The lowest BCUT2D eigenvalue weighted by molar-refractivity contribution is -0.0750. The normalized spacial score (nSPS) is 24.9. The zero-order chi connectivity index (χ0) is 14.7. The molecule has 0 bridgehead atoms. The van der Waals surface area contributed by atoms with Gasteiger partial charge in [0.1, 0.15) is 6.04 Å². The van der Waals surface area contributed by atoms with Crippen molar-refractivity contribution in [2.45, 2.75) is 32.1 Å². The number of nitrogens with zero attached hydrogens (tertiary/aromatic N) is 3. The summed E-state index contributed by atoms with van der Waals surface area (Å²) in [6, 6.07) is 10.5. The summed E-state index contributed by atoms with van der Waals surface area (Å²) >= 11 is 0. The molecule has 108 valence electrons. The molecule has 1 aliphatic heterocycles. The zero-order valence-corrected chi connectivity index (χ0v) is 12.7. The molecule has 0 spiro atoms. The molecule has 1 aromatic rings. The van der Waals surface area contributed by atoms with Crippen LogP contribution >= 0.6 is 0 Å². The minimum absolute atomic E-state index is 0.177. The van der Waals surface area contributed by atoms with Gasteiger partial charge >= 0.3 is 0 Å². The summed E-state index contributed by atoms with van der Waals surface area (Å²) in [6.45, 7) is 5.73. The molecule has 1 saturated heterocycles. The maximum Gasteiger partial charge on any atom is 0.124 e. The highest BCUT2D eigenvalue weighted by Crippen LogP contribution is 2.25. The molecular formula is C16H23N3O. The fourth-order valence-corrected chi connectivity index (χ4v) is 2.75. The number of anilines is 1. The van der Waals surface area contributed by atoms with Crippen molar-refractivity contribution < 1.29 is 4.74 Å². The van der Waals surface area contributed by atoms with Crippen LogP contribution in [0, 0.1) is 11.3 Å². The van der Waals surface area contributed by atoms with E-state index in [0.717, 1.165) is 24.3 Å². The molecule has 0 amide bonds. The largest absolute Gasteiger partial charge is 0.378 e. The lowest BCUT2D eigenvalue weighted by atomic mass is 10.0. The Kier molecular flexibility index (Phi) is 4.64. The lowest BCUT2D eigenvalue weighted by Gasteiger charge is -2.37. The molecule has 0 aromatic heterocycles. The third kappa shape index (κ3) is 3.30. The van der Waals surface area contributed by atoms with E-state index in [1.54, 1.807) is 0 Å². The molecule has 1 fully saturated rings. The van der Waals surface area contributed by atoms with Gasteiger partial charge in [-0.25, -0.2) is 0 Å². The predicted octanol–water partition coefficient (Wildman–Crippen LogP) is 2.43. The fraction of sp³-hybridized carbons (Fsp3) is 0.562. The number of hydrogen-bond donors (Lipinski definition) is 0. The molecule has 4 nitrogen and oxygen atoms in total. The number of hydrogen-bond acceptors (Lipinski definition) is 4. The molecular weight excluding hydrogens is 250 g/mol. The van der Waals surface area contributed by atoms with Crippen LogP contribution in [0.5, 0.6) is 0 Å². The summed E-state index contributed by atoms with van der Waals surface area (Å²) in [7, 11) is 4.03. The van der Waals surface area contributed by atoms with E-state index in [1.165, 1.54) is 0 Å². The second-order valence-electron chi connectivity index (χ2n) is 5.73. The summed E-state index contributed by atoms with van der Waals surface area (Å²) in [6.07, 6.45) is 0.353. The van der Waals surface area contributed by atoms with E-state index in [4.69, 9.17) is 4.74 Å². The van der Waals surface area contributed by atoms with Gasteiger partial charge in [-0.3, -0.25) is 4.90 Å². The Morgan fingerprint density at radius 2 is 1.75 bits per heavy atom. The van der Waals surface area contributed by atoms with Gasteiger partial charge in [0.05, 0.1) is 18.3 Å². The highest BCUT2D eigenvalue weighted by molar-refractivity contribution is 5.47. The first-order valence-electron chi connectivity index (χ1n) is 7.07. The molecule has 3 atom stereocenters. The molecule has 1 aromatic carbocycles. The average molecular weight is 273 g/mol. The second-order valence-corrected chi connectivity index (χ2v) is 5.73. The van der Waals surface area contributed by atoms with Gasteiger partial charge in [0.2, 0.25) is 0 Å². The average Bonchev–Trinajstić information content (AvgIpc) is 2.39. The van der Waals surface area contributed by atoms with E-state index >= 15 is 0 Å². The molecule has 2 rings (SSSR count). The first-order valence-corrected chi connectivity index (χ1v) is 7.07. The van der Waals surface area contributed by atoms with Crippen molar-refractivity contribution in [3.63, 3.8) is 0 Å². The van der Waals surface area contributed by atoms with Gasteiger partial charge in [-0.2, -0.15) is 5.26 Å². The zero-order valence-electron chi connectivity index (χ0n) is 12.7. The van der Waals surface area contributed by atoms with Gasteiger partial charge in [-0.05, 0) is 31.5 Å². The molecule has 0 aliphatic carbocycles. The maximum absolute atomic E-state index is 9.54. The van der Waals surface area contributed by atoms with E-state index in [1.807, 2.05) is 26.2 Å². The minimum atomic E-state index is -0.194. The molecule has 0 radical (unpaired) electrons. The van der Waals surface area contributed by atoms with Crippen LogP contribution in [0.15, 0.2) is 24.3 Å². The summed E-state index contributed by atoms with van der Waals surface area (Å²) in [5, 5.41) is 9.54. The number of rotatable bonds is 3. The maximum atomic E-state index is 9.54. The van der Waals surface area contributed by atoms with Gasteiger partial charge in [-0.1, -0.05) is 12.1 Å². The van der Waals surface area contributed by atoms with Gasteiger partial charge in [0.15, 0.2) is 0 Å². The van der Waals surface area contributed by atoms with Crippen LogP contribution in [0.25, 0.3) is 0 Å². The fourth-order valence-electron chi connectivity index (χ4n) is 2.75. The summed E-state index contributed by atoms with van der Waals surface area (Å²) in [5.74, 6) is 0. The monoisotopic (exact) mass is 273 g/mol. The minimum Gasteiger partial charge on any atom is -0.378 e. The number of nitriles is 1. The third-order valence-electron chi connectivity index (χ3n) is 3.66. The van der Waals surface area contributed by atoms with Crippen molar-refractivity contribution in [2.75, 3.05) is 32.1 Å². The summed E-state index contributed by atoms with van der Waals surface area (Å²) < 4.78 is 5.74. The van der Waals surface area contributed by atoms with Crippen molar-refractivity contribution in [2.24, 2.45) is 0 Å². The predicted molar refractivity (Wildman–Crippen MR) is 80.7 cm³/mol. The second kappa shape index (κ2) is 6.25. The van der Waals surface area contributed by atoms with Crippen molar-refractivity contribution in [1.29, 1.82) is 5.26 Å². The Morgan fingerprint density at radius 1 is 1.20 bits per heavy atom. The van der Waals surface area contributed by atoms with E-state index in [9.17, 15) is 5.26 Å². The van der Waals surface area contributed by atoms with Crippen molar-refractivity contribution in [1.82, 2.24) is 4.90 Å². The Morgan fingerprint density at radius 3 is 2.20 bits per heavy atom. The van der Waals surface area contributed by atoms with Crippen molar-refractivity contribution in [3.8, 4) is 6.07 Å². The van der Waals surface area contributed by atoms with Crippen molar-refractivity contribution >= 4 is 5.69 Å². The number of ether oxygens (including phenoxy) is 1. The lowest BCUT2D eigenvalue weighted by Crippen LogP contribution is -2.46. The standard InChI is InChI=1S/C16H23N3O/c1-12-10-19(11-13(2)20-12)16(9-17)14-5-7-15(8-6-14)18(3)4/h5-8,12-13,16H,10-11H2,1-4H3. The third-order valence-corrected chi connectivity index (χ3v) is 3.66. The smallest absolute Gasteiger partial charge is 0.124 e. The Labute approximate surface area is 121 Å². The van der Waals surface area contributed by atoms with E-state index < -0.39 is 0 Å². The van der Waals surface area contributed by atoms with E-state index in [0.29, 0.717) is 0 Å². The Bertz CT molecular complexity index is 467. The van der Waals surface area contributed by atoms with Crippen molar-refractivity contribution in [3.05, 3.63) is 29.8 Å². The SMILES string of the molecule is CC1CN(C(C#N)c2ccc(N(C)C)cc2)CC(C)O1. The first-order chi connectivity index (χ1) is 9.51. The van der Waals surface area contributed by atoms with Crippen LogP contribution < -0.4 is 4.90 Å². The molecule has 4 heteroatoms. The molecule has 1 aliphatic rings. The molecule has 3 unspecified atom stereocenters. The highest BCUT2D eigenvalue weighted by atomic mass is 16.5. The van der Waals surface area contributed by atoms with Crippen LogP contribution in [0.1, 0.15) is 25.5 Å². The van der Waals surface area contributed by atoms with Gasteiger partial charge in [-0.15, -0.1) is 0 Å². The molecule has 0 saturated carbocycles. The summed E-state index contributed by atoms with van der Waals surface area (Å²) in [4.78, 5) is 4.27. The quantitative estimate of drug-likeness (QED) is 0.848. The van der Waals surface area contributed by atoms with Gasteiger partial charge in [0, 0.05) is 32.9 Å². The highest BCUT2D eigenvalue weighted by Gasteiger charge is 2.28. The van der Waals surface area contributed by atoms with Crippen LogP contribution in [-0.2, 0) is 4.74 Å². The molecule has 20 heavy (non-hydrogen) atoms. The van der Waals surface area contributed by atoms with Gasteiger partial charge < -0.3 is 9.64 Å². The molecule has 0 N–H and O–H groups in total. The van der Waals surface area contributed by atoms with Crippen LogP contribution in [0.3, 0.4) is 0 Å². The Hall–Kier alpha value is -1.57. The first kappa shape index (κ1) is 14.8. The topological polar surface area (TPSA) is 39.5 Å². The number of benzene rings is 1. The van der Waals surface area contributed by atoms with Crippen LogP contribution in [0.4, 0.5) is 5.69 Å². The molecule has 1 heterocycles. The van der Waals surface area contributed by atoms with Gasteiger partial charge in [0.25, 0.3) is 0 Å². The van der Waals surface area contributed by atoms with Crippen LogP contribution in [-0.4, -0.2) is 44.3 Å². The van der Waals surface area contributed by atoms with E-state index in [2.05, 4.69) is 41.8 Å². The Balaban J connectivity index is 2.17.